The lowest BCUT2D eigenvalue weighted by molar-refractivity contribution is -0.0802. The number of hydrogen-bond donors (Lipinski definition) is 2. The number of nitrogens with one attached hydrogen (secondary N) is 2. The zero-order valence-electron chi connectivity index (χ0n) is 32.9. The van der Waals surface area contributed by atoms with Gasteiger partial charge in [-0.2, -0.15) is 13.1 Å². The predicted molar refractivity (Wildman–Crippen MR) is 210 cm³/mol. The number of allylic oxidation sites excluding steroid dienone is 1. The second-order valence-corrected chi connectivity index (χ2v) is 19.6. The van der Waals surface area contributed by atoms with Crippen LogP contribution in [0.4, 0.5) is 9.59 Å². The van der Waals surface area contributed by atoms with Gasteiger partial charge < -0.3 is 19.1 Å². The average Bonchev–Trinajstić information content (AvgIpc) is 3.63. The van der Waals surface area contributed by atoms with E-state index in [-0.39, 0.29) is 54.4 Å². The molecule has 3 saturated carbocycles. The first-order chi connectivity index (χ1) is 26.3. The summed E-state index contributed by atoms with van der Waals surface area (Å²) >= 11 is 0. The lowest BCUT2D eigenvalue weighted by atomic mass is 9.52. The summed E-state index contributed by atoms with van der Waals surface area (Å²) < 4.78 is 49.1. The minimum atomic E-state index is -4.06. The lowest BCUT2D eigenvalue weighted by Crippen LogP contribution is -2.54. The monoisotopic (exact) mass is 773 g/mol. The molecule has 11 atom stereocenters. The van der Waals surface area contributed by atoms with Crippen molar-refractivity contribution in [3.05, 3.63) is 82.9 Å². The summed E-state index contributed by atoms with van der Waals surface area (Å²) in [6, 6.07) is 18.9. The van der Waals surface area contributed by atoms with E-state index < -0.39 is 16.3 Å². The molecule has 2 aromatic carbocycles. The van der Waals surface area contributed by atoms with Gasteiger partial charge in [-0.1, -0.05) is 92.6 Å². The van der Waals surface area contributed by atoms with Crippen molar-refractivity contribution in [3.8, 4) is 0 Å². The quantitative estimate of drug-likeness (QED) is 0.272. The fraction of sp³-hybridized carbons (Fsp3) is 0.636. The Hall–Kier alpha value is -3.41. The minimum absolute atomic E-state index is 0.00344. The van der Waals surface area contributed by atoms with Gasteiger partial charge in [0.2, 0.25) is 0 Å². The molecule has 1 spiro atoms. The average molecular weight is 774 g/mol. The van der Waals surface area contributed by atoms with Crippen LogP contribution >= 0.6 is 0 Å². The largest absolute Gasteiger partial charge is 0.445 e. The molecular weight excluding hydrogens is 715 g/mol. The highest BCUT2D eigenvalue weighted by atomic mass is 32.2. The van der Waals surface area contributed by atoms with Crippen LogP contribution in [0.15, 0.2) is 71.8 Å². The molecule has 10 nitrogen and oxygen atoms in total. The van der Waals surface area contributed by atoms with Crippen LogP contribution in [0.1, 0.15) is 103 Å². The molecule has 2 aromatic rings. The molecule has 2 N–H and O–H groups in total. The lowest BCUT2D eigenvalue weighted by Gasteiger charge is -2.54. The molecular formula is C44H59N3O7S. The van der Waals surface area contributed by atoms with Crippen molar-refractivity contribution in [3.63, 3.8) is 0 Å². The first-order valence-electron chi connectivity index (χ1n) is 20.7. The Bertz CT molecular complexity index is 1870. The first-order valence-corrected chi connectivity index (χ1v) is 22.2. The van der Waals surface area contributed by atoms with E-state index in [0.29, 0.717) is 36.1 Å². The van der Waals surface area contributed by atoms with Gasteiger partial charge in [0.05, 0.1) is 17.7 Å². The molecule has 0 aromatic heterocycles. The van der Waals surface area contributed by atoms with E-state index in [0.717, 1.165) is 75.3 Å². The Morgan fingerprint density at radius 1 is 0.909 bits per heavy atom. The first kappa shape index (κ1) is 38.5. The maximum absolute atomic E-state index is 13.7. The number of amides is 2. The smallest absolute Gasteiger partial charge is 0.422 e. The van der Waals surface area contributed by atoms with Gasteiger partial charge in [-0.05, 0) is 117 Å². The molecule has 5 fully saturated rings. The Morgan fingerprint density at radius 3 is 2.31 bits per heavy atom. The summed E-state index contributed by atoms with van der Waals surface area (Å²) in [6.45, 7) is 10.3. The van der Waals surface area contributed by atoms with Crippen LogP contribution in [0.25, 0.3) is 0 Å². The highest BCUT2D eigenvalue weighted by Gasteiger charge is 2.61. The number of hydrogen-bond acceptors (Lipinski definition) is 7. The number of benzene rings is 2. The maximum atomic E-state index is 13.7. The molecule has 55 heavy (non-hydrogen) atoms. The van der Waals surface area contributed by atoms with Gasteiger partial charge in [0.1, 0.15) is 13.2 Å². The van der Waals surface area contributed by atoms with Crippen molar-refractivity contribution >= 4 is 22.4 Å². The van der Waals surface area contributed by atoms with Crippen molar-refractivity contribution < 1.29 is 32.2 Å². The van der Waals surface area contributed by atoms with Gasteiger partial charge in [0.15, 0.2) is 0 Å². The third-order valence-corrected chi connectivity index (χ3v) is 16.0. The van der Waals surface area contributed by atoms with E-state index in [1.54, 1.807) is 5.57 Å². The van der Waals surface area contributed by atoms with E-state index in [1.807, 2.05) is 65.6 Å². The molecule has 0 unspecified atom stereocenters. The number of piperidine rings is 1. The molecule has 298 valence electrons. The summed E-state index contributed by atoms with van der Waals surface area (Å²) in [5.74, 6) is 2.72. The second kappa shape index (κ2) is 15.2. The van der Waals surface area contributed by atoms with Gasteiger partial charge in [-0.15, -0.1) is 0 Å². The Morgan fingerprint density at radius 2 is 1.60 bits per heavy atom. The SMILES string of the molecule is CC1=C2C[C@H]3[C@@H](CC[C@@H]4C[C@H](NS(=O)(=O)NC(=O)OCc5ccccc5)CC[C@@]43C)[C@@H]2CC[C@@]2(C1)O[C@@H]1C[C@H](C)CN(C(=O)OCc3ccccc3)[C@H]1[C@H]2C. The van der Waals surface area contributed by atoms with Gasteiger partial charge in [0, 0.05) is 18.5 Å². The van der Waals surface area contributed by atoms with Crippen LogP contribution < -0.4 is 9.44 Å². The van der Waals surface area contributed by atoms with E-state index >= 15 is 0 Å². The molecule has 2 amide bonds. The van der Waals surface area contributed by atoms with Crippen LogP contribution in [-0.2, 0) is 37.6 Å². The van der Waals surface area contributed by atoms with Crippen molar-refractivity contribution in [1.82, 2.24) is 14.3 Å². The highest BCUT2D eigenvalue weighted by molar-refractivity contribution is 7.88. The molecule has 2 aliphatic heterocycles. The van der Waals surface area contributed by atoms with Crippen molar-refractivity contribution in [1.29, 1.82) is 0 Å². The summed E-state index contributed by atoms with van der Waals surface area (Å²) in [7, 11) is -4.06. The predicted octanol–water partition coefficient (Wildman–Crippen LogP) is 8.29. The molecule has 2 heterocycles. The van der Waals surface area contributed by atoms with E-state index in [9.17, 15) is 18.0 Å². The Labute approximate surface area is 327 Å². The van der Waals surface area contributed by atoms with E-state index in [2.05, 4.69) is 37.1 Å². The zero-order valence-corrected chi connectivity index (χ0v) is 33.7. The van der Waals surface area contributed by atoms with Crippen LogP contribution in [0.5, 0.6) is 0 Å². The van der Waals surface area contributed by atoms with Gasteiger partial charge in [0.25, 0.3) is 0 Å². The van der Waals surface area contributed by atoms with Gasteiger partial charge in [-0.3, -0.25) is 0 Å². The number of carbonyl (C=O) groups excluding carboxylic acids is 2. The fourth-order valence-corrected chi connectivity index (χ4v) is 13.3. The number of carbonyl (C=O) groups is 2. The summed E-state index contributed by atoms with van der Waals surface area (Å²) in [5, 5.41) is 0. The fourth-order valence-electron chi connectivity index (χ4n) is 12.3. The summed E-state index contributed by atoms with van der Waals surface area (Å²) in [5.41, 5.74) is 4.78. The molecule has 2 saturated heterocycles. The Balaban J connectivity index is 0.907. The third kappa shape index (κ3) is 7.57. The third-order valence-electron chi connectivity index (χ3n) is 14.9. The van der Waals surface area contributed by atoms with Gasteiger partial charge >= 0.3 is 22.4 Å². The number of rotatable bonds is 7. The van der Waals surface area contributed by atoms with Crippen LogP contribution in [-0.4, -0.2) is 55.8 Å². The number of nitrogens with zero attached hydrogens (tertiary/aromatic N) is 1. The topological polar surface area (TPSA) is 123 Å². The van der Waals surface area contributed by atoms with E-state index in [1.165, 1.54) is 5.57 Å². The maximum Gasteiger partial charge on any atom is 0.422 e. The van der Waals surface area contributed by atoms with Gasteiger partial charge in [-0.25, -0.2) is 14.3 Å². The molecule has 4 aliphatic carbocycles. The normalized spacial score (nSPS) is 36.9. The van der Waals surface area contributed by atoms with Crippen LogP contribution in [0, 0.1) is 40.9 Å². The number of likely N-dealkylation sites (tertiary alicyclic amines) is 1. The van der Waals surface area contributed by atoms with Crippen molar-refractivity contribution in [2.75, 3.05) is 6.54 Å². The van der Waals surface area contributed by atoms with Crippen molar-refractivity contribution in [2.45, 2.75) is 129 Å². The van der Waals surface area contributed by atoms with Crippen LogP contribution in [0.3, 0.4) is 0 Å². The number of ether oxygens (including phenoxy) is 3. The van der Waals surface area contributed by atoms with Crippen molar-refractivity contribution in [2.24, 2.45) is 40.9 Å². The molecule has 11 heteroatoms. The minimum Gasteiger partial charge on any atom is -0.445 e. The molecule has 8 rings (SSSR count). The highest BCUT2D eigenvalue weighted by Crippen LogP contribution is 2.65. The zero-order chi connectivity index (χ0) is 38.5. The summed E-state index contributed by atoms with van der Waals surface area (Å²) in [6.07, 6.45) is 8.66. The molecule has 6 aliphatic rings. The summed E-state index contributed by atoms with van der Waals surface area (Å²) in [4.78, 5) is 28.0. The standard InChI is InChI=1S/C44H59N3O7S/c1-28-21-39-40(47(25-28)42(49)53-27-32-13-9-6-10-14-32)30(3)44(54-39)20-18-35-36-16-15-33-22-34(17-19-43(33,4)38(36)23-37(35)29(2)24-44)45-55(50,51)46-41(48)52-26-31-11-7-5-8-12-31/h5-14,28,30,33-36,38-40,45H,15-27H2,1-4H3,(H,46,48)/t28-,30+,33+,34+,35-,36-,38-,39+,40-,43-,44-/m0/s1. The molecule has 0 radical (unpaired) electrons. The Kier molecular flexibility index (Phi) is 10.6. The second-order valence-electron chi connectivity index (χ2n) is 18.2. The molecule has 0 bridgehead atoms. The number of fused-ring (bicyclic) bond motifs is 6. The van der Waals surface area contributed by atoms with E-state index in [4.69, 9.17) is 14.2 Å². The van der Waals surface area contributed by atoms with Crippen LogP contribution in [0.2, 0.25) is 0 Å².